The van der Waals surface area contributed by atoms with Crippen LogP contribution in [0.3, 0.4) is 0 Å². The van der Waals surface area contributed by atoms with Crippen LogP contribution >= 0.6 is 0 Å². The van der Waals surface area contributed by atoms with E-state index in [1.165, 1.54) is 6.42 Å². The number of allylic oxidation sites excluding steroid dienone is 1. The lowest BCUT2D eigenvalue weighted by molar-refractivity contribution is -0.149. The van der Waals surface area contributed by atoms with E-state index in [1.807, 2.05) is 6.08 Å². The highest BCUT2D eigenvalue weighted by molar-refractivity contribution is 5.88. The molecular formula is C18H26O2. The molecule has 6 atom stereocenters. The predicted molar refractivity (Wildman–Crippen MR) is 79.1 cm³/mol. The van der Waals surface area contributed by atoms with E-state index in [0.717, 1.165) is 32.1 Å². The summed E-state index contributed by atoms with van der Waals surface area (Å²) < 4.78 is 0. The van der Waals surface area contributed by atoms with Crippen molar-refractivity contribution < 1.29 is 9.59 Å². The Hall–Kier alpha value is -0.920. The molecule has 0 amide bonds. The van der Waals surface area contributed by atoms with Gasteiger partial charge >= 0.3 is 0 Å². The van der Waals surface area contributed by atoms with E-state index in [1.54, 1.807) is 0 Å². The summed E-state index contributed by atoms with van der Waals surface area (Å²) in [4.78, 5) is 24.8. The number of hydrogen-bond acceptors (Lipinski definition) is 2. The molecule has 0 aromatic carbocycles. The van der Waals surface area contributed by atoms with Crippen molar-refractivity contribution in [1.29, 1.82) is 0 Å². The molecule has 3 saturated carbocycles. The Morgan fingerprint density at radius 3 is 2.70 bits per heavy atom. The Bertz CT molecular complexity index is 425. The highest BCUT2D eigenvalue weighted by Gasteiger charge is 2.53. The second-order valence-corrected chi connectivity index (χ2v) is 7.22. The summed E-state index contributed by atoms with van der Waals surface area (Å²) in [7, 11) is 0. The van der Waals surface area contributed by atoms with Gasteiger partial charge in [-0.1, -0.05) is 13.0 Å². The van der Waals surface area contributed by atoms with Crippen molar-refractivity contribution in [3.05, 3.63) is 12.7 Å². The van der Waals surface area contributed by atoms with Gasteiger partial charge in [-0.3, -0.25) is 9.59 Å². The molecule has 0 bridgehead atoms. The fraction of sp³-hybridized carbons (Fsp3) is 0.778. The van der Waals surface area contributed by atoms with Crippen molar-refractivity contribution in [2.75, 3.05) is 0 Å². The standard InChI is InChI=1S/C18H26O2/c1-3-4-5-13-11(2)10-12-6-8-15(19)14-7-9-16(20)18(13)17(12)14/h3,11-14,17-18H,1,4-10H2,2H3/t11-,12?,13+,14-,17+,18+/m0/s1. The Labute approximate surface area is 122 Å². The second-order valence-electron chi connectivity index (χ2n) is 7.22. The lowest BCUT2D eigenvalue weighted by atomic mass is 9.50. The van der Waals surface area contributed by atoms with E-state index in [9.17, 15) is 9.59 Å². The Balaban J connectivity index is 1.90. The van der Waals surface area contributed by atoms with E-state index in [-0.39, 0.29) is 11.8 Å². The second kappa shape index (κ2) is 5.46. The molecule has 0 aliphatic heterocycles. The minimum atomic E-state index is 0.173. The smallest absolute Gasteiger partial charge is 0.136 e. The maximum absolute atomic E-state index is 12.5. The van der Waals surface area contributed by atoms with Crippen LogP contribution in [0.5, 0.6) is 0 Å². The lowest BCUT2D eigenvalue weighted by Crippen LogP contribution is -2.53. The third-order valence-electron chi connectivity index (χ3n) is 6.24. The molecule has 0 aromatic heterocycles. The molecule has 3 fully saturated rings. The number of hydrogen-bond donors (Lipinski definition) is 0. The van der Waals surface area contributed by atoms with Gasteiger partial charge in [-0.05, 0) is 55.8 Å². The zero-order valence-electron chi connectivity index (χ0n) is 12.5. The Kier molecular flexibility index (Phi) is 3.83. The average Bonchev–Trinajstić information content (AvgIpc) is 2.43. The zero-order valence-corrected chi connectivity index (χ0v) is 12.5. The average molecular weight is 274 g/mol. The van der Waals surface area contributed by atoms with Crippen LogP contribution in [0.2, 0.25) is 0 Å². The van der Waals surface area contributed by atoms with Gasteiger partial charge in [0.25, 0.3) is 0 Å². The first-order valence-electron chi connectivity index (χ1n) is 8.29. The molecule has 20 heavy (non-hydrogen) atoms. The number of ketones is 2. The molecular weight excluding hydrogens is 248 g/mol. The monoisotopic (exact) mass is 274 g/mol. The molecule has 3 aliphatic carbocycles. The molecule has 0 spiro atoms. The number of carbonyl (C=O) groups excluding carboxylic acids is 2. The van der Waals surface area contributed by atoms with Crippen LogP contribution in [0.4, 0.5) is 0 Å². The molecule has 110 valence electrons. The van der Waals surface area contributed by atoms with Gasteiger partial charge in [0.2, 0.25) is 0 Å². The van der Waals surface area contributed by atoms with Crippen LogP contribution in [0.25, 0.3) is 0 Å². The lowest BCUT2D eigenvalue weighted by Gasteiger charge is -2.53. The van der Waals surface area contributed by atoms with Crippen molar-refractivity contribution in [1.82, 2.24) is 0 Å². The van der Waals surface area contributed by atoms with E-state index < -0.39 is 0 Å². The normalized spacial score (nSPS) is 44.0. The molecule has 2 heteroatoms. The largest absolute Gasteiger partial charge is 0.299 e. The fourth-order valence-corrected chi connectivity index (χ4v) is 5.40. The molecule has 0 N–H and O–H groups in total. The van der Waals surface area contributed by atoms with E-state index >= 15 is 0 Å². The van der Waals surface area contributed by atoms with Gasteiger partial charge in [0.05, 0.1) is 0 Å². The van der Waals surface area contributed by atoms with E-state index in [2.05, 4.69) is 13.5 Å². The molecule has 1 unspecified atom stereocenters. The highest BCUT2D eigenvalue weighted by Crippen LogP contribution is 2.55. The van der Waals surface area contributed by atoms with E-state index in [0.29, 0.717) is 41.7 Å². The summed E-state index contributed by atoms with van der Waals surface area (Å²) in [6, 6.07) is 0. The zero-order chi connectivity index (χ0) is 14.3. The van der Waals surface area contributed by atoms with Crippen LogP contribution in [0.1, 0.15) is 51.9 Å². The SMILES string of the molecule is C=CCC[C@H]1[C@@H]2C(=O)CC[C@H]3C(=O)CCC(C[C@@H]1C)[C@@H]23. The van der Waals surface area contributed by atoms with Gasteiger partial charge < -0.3 is 0 Å². The first kappa shape index (κ1) is 14.0. The minimum absolute atomic E-state index is 0.173. The van der Waals surface area contributed by atoms with Crippen molar-refractivity contribution in [2.24, 2.45) is 35.5 Å². The molecule has 3 aliphatic rings. The molecule has 0 radical (unpaired) electrons. The van der Waals surface area contributed by atoms with Gasteiger partial charge in [0, 0.05) is 24.7 Å². The van der Waals surface area contributed by atoms with Crippen molar-refractivity contribution >= 4 is 11.6 Å². The van der Waals surface area contributed by atoms with Crippen LogP contribution in [-0.4, -0.2) is 11.6 Å². The number of rotatable bonds is 3. The first-order chi connectivity index (χ1) is 9.63. The van der Waals surface area contributed by atoms with Crippen LogP contribution in [0, 0.1) is 35.5 Å². The van der Waals surface area contributed by atoms with Gasteiger partial charge in [0.1, 0.15) is 11.6 Å². The van der Waals surface area contributed by atoms with Crippen molar-refractivity contribution in [2.45, 2.75) is 51.9 Å². The Morgan fingerprint density at radius 2 is 1.95 bits per heavy atom. The molecule has 2 nitrogen and oxygen atoms in total. The summed E-state index contributed by atoms with van der Waals surface area (Å²) in [5, 5.41) is 0. The number of Topliss-reactive ketones (excluding diaryl/α,β-unsaturated/α-hetero) is 2. The topological polar surface area (TPSA) is 34.1 Å². The van der Waals surface area contributed by atoms with Gasteiger partial charge in [-0.2, -0.15) is 0 Å². The van der Waals surface area contributed by atoms with Crippen molar-refractivity contribution in [3.8, 4) is 0 Å². The maximum Gasteiger partial charge on any atom is 0.136 e. The molecule has 0 saturated heterocycles. The van der Waals surface area contributed by atoms with Gasteiger partial charge in [-0.15, -0.1) is 6.58 Å². The van der Waals surface area contributed by atoms with E-state index in [4.69, 9.17) is 0 Å². The third-order valence-corrected chi connectivity index (χ3v) is 6.24. The highest BCUT2D eigenvalue weighted by atomic mass is 16.1. The predicted octanol–water partition coefficient (Wildman–Crippen LogP) is 3.80. The van der Waals surface area contributed by atoms with Crippen LogP contribution in [0.15, 0.2) is 12.7 Å². The summed E-state index contributed by atoms with van der Waals surface area (Å²) in [5.41, 5.74) is 0. The van der Waals surface area contributed by atoms with Crippen LogP contribution in [-0.2, 0) is 9.59 Å². The van der Waals surface area contributed by atoms with Gasteiger partial charge in [-0.25, -0.2) is 0 Å². The van der Waals surface area contributed by atoms with Crippen molar-refractivity contribution in [3.63, 3.8) is 0 Å². The minimum Gasteiger partial charge on any atom is -0.299 e. The summed E-state index contributed by atoms with van der Waals surface area (Å²) in [5.74, 6) is 3.38. The maximum atomic E-state index is 12.5. The quantitative estimate of drug-likeness (QED) is 0.734. The Morgan fingerprint density at radius 1 is 1.20 bits per heavy atom. The fourth-order valence-electron chi connectivity index (χ4n) is 5.40. The molecule has 0 heterocycles. The number of carbonyl (C=O) groups is 2. The third kappa shape index (κ3) is 2.17. The summed E-state index contributed by atoms with van der Waals surface area (Å²) in [6.45, 7) is 6.14. The van der Waals surface area contributed by atoms with Gasteiger partial charge in [0.15, 0.2) is 0 Å². The summed E-state index contributed by atoms with van der Waals surface area (Å²) >= 11 is 0. The van der Waals surface area contributed by atoms with Crippen LogP contribution < -0.4 is 0 Å². The first-order valence-corrected chi connectivity index (χ1v) is 8.29. The molecule has 3 rings (SSSR count). The summed E-state index contributed by atoms with van der Waals surface area (Å²) in [6.07, 6.45) is 8.52. The molecule has 0 aromatic rings.